The molecule has 1 unspecified atom stereocenters. The van der Waals surface area contributed by atoms with Gasteiger partial charge in [0.1, 0.15) is 12.1 Å². The molecule has 10 heteroatoms. The van der Waals surface area contributed by atoms with E-state index in [9.17, 15) is 9.59 Å². The van der Waals surface area contributed by atoms with Gasteiger partial charge >= 0.3 is 0 Å². The van der Waals surface area contributed by atoms with Crippen LogP contribution in [0.3, 0.4) is 0 Å². The fourth-order valence-electron chi connectivity index (χ4n) is 4.51. The monoisotopic (exact) mass is 520 g/mol. The summed E-state index contributed by atoms with van der Waals surface area (Å²) in [5.74, 6) is 0.291. The molecule has 3 heterocycles. The summed E-state index contributed by atoms with van der Waals surface area (Å²) in [5, 5.41) is 11.3. The number of amides is 2. The third-order valence-electron chi connectivity index (χ3n) is 6.39. The lowest BCUT2D eigenvalue weighted by Crippen LogP contribution is -2.45. The van der Waals surface area contributed by atoms with Crippen molar-refractivity contribution in [3.05, 3.63) is 108 Å². The van der Waals surface area contributed by atoms with Crippen molar-refractivity contribution in [3.63, 3.8) is 0 Å². The van der Waals surface area contributed by atoms with Crippen LogP contribution in [0.2, 0.25) is 0 Å². The zero-order chi connectivity index (χ0) is 26.6. The molecule has 0 saturated carbocycles. The van der Waals surface area contributed by atoms with Crippen molar-refractivity contribution in [1.29, 1.82) is 0 Å². The Morgan fingerprint density at radius 2 is 1.72 bits per heavy atom. The van der Waals surface area contributed by atoms with Gasteiger partial charge in [0.25, 0.3) is 0 Å². The first-order valence-corrected chi connectivity index (χ1v) is 12.4. The quantitative estimate of drug-likeness (QED) is 0.332. The van der Waals surface area contributed by atoms with E-state index in [-0.39, 0.29) is 25.2 Å². The van der Waals surface area contributed by atoms with Crippen molar-refractivity contribution < 1.29 is 19.1 Å². The zero-order valence-corrected chi connectivity index (χ0v) is 20.8. The average molecular weight is 521 g/mol. The van der Waals surface area contributed by atoms with Gasteiger partial charge in [-0.05, 0) is 42.0 Å². The molecule has 2 aromatic heterocycles. The summed E-state index contributed by atoms with van der Waals surface area (Å²) < 4.78 is 12.6. The number of para-hydroxylation sites is 1. The molecule has 194 valence electrons. The Labute approximate surface area is 223 Å². The molecular formula is C29H24N6O4. The molecule has 10 nitrogen and oxygen atoms in total. The fraction of sp³-hybridized carbons (Fsp3) is 0.138. The van der Waals surface area contributed by atoms with Gasteiger partial charge in [-0.15, -0.1) is 5.10 Å². The van der Waals surface area contributed by atoms with Gasteiger partial charge in [-0.1, -0.05) is 53.7 Å². The lowest BCUT2D eigenvalue weighted by Gasteiger charge is -2.31. The normalized spacial score (nSPS) is 12.7. The van der Waals surface area contributed by atoms with E-state index in [1.54, 1.807) is 42.6 Å². The number of pyridine rings is 1. The molecule has 3 aromatic carbocycles. The molecule has 0 saturated heterocycles. The highest BCUT2D eigenvalue weighted by atomic mass is 16.7. The predicted octanol–water partition coefficient (Wildman–Crippen LogP) is 3.65. The van der Waals surface area contributed by atoms with Crippen LogP contribution >= 0.6 is 0 Å². The van der Waals surface area contributed by atoms with Crippen LogP contribution in [-0.4, -0.2) is 38.6 Å². The van der Waals surface area contributed by atoms with E-state index in [1.165, 1.54) is 9.58 Å². The smallest absolute Gasteiger partial charge is 0.249 e. The van der Waals surface area contributed by atoms with Crippen LogP contribution in [0.5, 0.6) is 11.5 Å². The van der Waals surface area contributed by atoms with Crippen molar-refractivity contribution in [2.24, 2.45) is 0 Å². The molecule has 1 N–H and O–H groups in total. The molecule has 2 amide bonds. The van der Waals surface area contributed by atoms with Gasteiger partial charge < -0.3 is 14.8 Å². The van der Waals surface area contributed by atoms with Crippen LogP contribution in [0.25, 0.3) is 11.0 Å². The number of hydrogen-bond acceptors (Lipinski definition) is 7. The number of rotatable bonds is 8. The summed E-state index contributed by atoms with van der Waals surface area (Å²) >= 11 is 0. The number of nitrogens with one attached hydrogen (secondary N) is 1. The minimum absolute atomic E-state index is 0.0823. The number of fused-ring (bicyclic) bond motifs is 2. The van der Waals surface area contributed by atoms with Gasteiger partial charge in [-0.2, -0.15) is 0 Å². The molecule has 5 aromatic rings. The number of nitrogens with zero attached hydrogens (tertiary/aromatic N) is 5. The van der Waals surface area contributed by atoms with Gasteiger partial charge in [-0.3, -0.25) is 19.5 Å². The van der Waals surface area contributed by atoms with Gasteiger partial charge in [0, 0.05) is 24.5 Å². The van der Waals surface area contributed by atoms with Gasteiger partial charge in [0.2, 0.25) is 18.6 Å². The number of carbonyl (C=O) groups is 2. The highest BCUT2D eigenvalue weighted by Gasteiger charge is 2.35. The largest absolute Gasteiger partial charge is 0.454 e. The van der Waals surface area contributed by atoms with Gasteiger partial charge in [0.15, 0.2) is 17.5 Å². The van der Waals surface area contributed by atoms with Crippen LogP contribution in [0.4, 0.5) is 5.69 Å². The number of carbonyl (C=O) groups excluding carboxylic acids is 2. The third-order valence-corrected chi connectivity index (χ3v) is 6.39. The maximum Gasteiger partial charge on any atom is 0.249 e. The van der Waals surface area contributed by atoms with E-state index in [0.717, 1.165) is 5.56 Å². The van der Waals surface area contributed by atoms with Crippen molar-refractivity contribution in [1.82, 2.24) is 25.3 Å². The minimum atomic E-state index is -1.07. The topological polar surface area (TPSA) is 111 Å². The lowest BCUT2D eigenvalue weighted by molar-refractivity contribution is -0.127. The summed E-state index contributed by atoms with van der Waals surface area (Å²) in [6, 6.07) is 26.3. The molecule has 0 radical (unpaired) electrons. The van der Waals surface area contributed by atoms with E-state index < -0.39 is 6.04 Å². The first kappa shape index (κ1) is 24.1. The maximum atomic E-state index is 14.1. The highest BCUT2D eigenvalue weighted by molar-refractivity contribution is 6.01. The van der Waals surface area contributed by atoms with Crippen molar-refractivity contribution in [2.75, 3.05) is 11.7 Å². The summed E-state index contributed by atoms with van der Waals surface area (Å²) in [6.07, 6.45) is 1.60. The van der Waals surface area contributed by atoms with E-state index in [4.69, 9.17) is 9.47 Å². The lowest BCUT2D eigenvalue weighted by atomic mass is 10.1. The van der Waals surface area contributed by atoms with E-state index in [1.807, 2.05) is 54.6 Å². The minimum Gasteiger partial charge on any atom is -0.454 e. The first-order chi connectivity index (χ1) is 19.2. The maximum absolute atomic E-state index is 14.1. The second-order valence-electron chi connectivity index (χ2n) is 8.90. The second-order valence-corrected chi connectivity index (χ2v) is 8.90. The highest BCUT2D eigenvalue weighted by Crippen LogP contribution is 2.38. The average Bonchev–Trinajstić information content (AvgIpc) is 3.62. The van der Waals surface area contributed by atoms with Gasteiger partial charge in [0.05, 0.1) is 11.2 Å². The number of hydrogen-bond donors (Lipinski definition) is 1. The predicted molar refractivity (Wildman–Crippen MR) is 143 cm³/mol. The summed E-state index contributed by atoms with van der Waals surface area (Å²) in [5.41, 5.74) is 3.18. The summed E-state index contributed by atoms with van der Waals surface area (Å²) in [6.45, 7) is 0.225. The number of benzene rings is 3. The third kappa shape index (κ3) is 4.99. The Balaban J connectivity index is 1.40. The SMILES string of the molecule is O=C(NCc1ccccc1)C(c1ccccn1)N(C(=O)Cn1nnc2ccccc21)c1ccc2c(c1)OCO2. The van der Waals surface area contributed by atoms with Gasteiger partial charge in [-0.25, -0.2) is 4.68 Å². The Morgan fingerprint density at radius 3 is 2.56 bits per heavy atom. The molecule has 1 atom stereocenters. The van der Waals surface area contributed by atoms with Crippen LogP contribution in [0.1, 0.15) is 17.3 Å². The number of ether oxygens (including phenoxy) is 2. The molecule has 0 bridgehead atoms. The van der Waals surface area contributed by atoms with E-state index in [2.05, 4.69) is 20.6 Å². The molecule has 0 aliphatic carbocycles. The zero-order valence-electron chi connectivity index (χ0n) is 20.8. The number of anilines is 1. The Morgan fingerprint density at radius 1 is 0.923 bits per heavy atom. The second kappa shape index (κ2) is 10.6. The molecular weight excluding hydrogens is 496 g/mol. The van der Waals surface area contributed by atoms with Crippen molar-refractivity contribution in [3.8, 4) is 11.5 Å². The van der Waals surface area contributed by atoms with E-state index >= 15 is 0 Å². The summed E-state index contributed by atoms with van der Waals surface area (Å²) in [4.78, 5) is 33.8. The molecule has 0 fully saturated rings. The molecule has 0 spiro atoms. The number of aromatic nitrogens is 4. The first-order valence-electron chi connectivity index (χ1n) is 12.4. The van der Waals surface area contributed by atoms with Crippen LogP contribution in [0, 0.1) is 0 Å². The standard InChI is InChI=1S/C29H24N6O4/c36-27(18-34-24-12-5-4-10-22(24)32-33-34)35(21-13-14-25-26(16-21)39-19-38-25)28(23-11-6-7-15-30-23)29(37)31-17-20-8-2-1-3-9-20/h1-16,28H,17-19H2,(H,31,37). The summed E-state index contributed by atoms with van der Waals surface area (Å²) in [7, 11) is 0. The van der Waals surface area contributed by atoms with Crippen LogP contribution in [0.15, 0.2) is 97.2 Å². The molecule has 6 rings (SSSR count). The van der Waals surface area contributed by atoms with Crippen LogP contribution < -0.4 is 19.7 Å². The van der Waals surface area contributed by atoms with Crippen molar-refractivity contribution >= 4 is 28.5 Å². The molecule has 39 heavy (non-hydrogen) atoms. The Kier molecular flexibility index (Phi) is 6.57. The molecule has 1 aliphatic rings. The fourth-order valence-corrected chi connectivity index (χ4v) is 4.51. The van der Waals surface area contributed by atoms with E-state index in [0.29, 0.717) is 40.5 Å². The molecule has 1 aliphatic heterocycles. The van der Waals surface area contributed by atoms with Crippen LogP contribution in [-0.2, 0) is 22.7 Å². The Hall–Kier alpha value is -5.25. The Bertz CT molecular complexity index is 1620. The van der Waals surface area contributed by atoms with Crippen molar-refractivity contribution in [2.45, 2.75) is 19.1 Å².